The van der Waals surface area contributed by atoms with Gasteiger partial charge in [0.1, 0.15) is 6.10 Å². The van der Waals surface area contributed by atoms with E-state index in [4.69, 9.17) is 14.6 Å². The van der Waals surface area contributed by atoms with Gasteiger partial charge in [0, 0.05) is 6.08 Å². The predicted octanol–water partition coefficient (Wildman–Crippen LogP) is 0.779. The van der Waals surface area contributed by atoms with Crippen molar-refractivity contribution in [3.63, 3.8) is 0 Å². The van der Waals surface area contributed by atoms with E-state index in [0.29, 0.717) is 6.61 Å². The average molecular weight is 172 g/mol. The molecule has 1 saturated heterocycles. The van der Waals surface area contributed by atoms with E-state index in [1.807, 2.05) is 0 Å². The minimum atomic E-state index is -0.969. The normalized spacial score (nSPS) is 28.0. The fraction of sp³-hybridized carbons (Fsp3) is 0.625. The molecule has 0 amide bonds. The van der Waals surface area contributed by atoms with Crippen LogP contribution in [0.2, 0.25) is 0 Å². The molecule has 4 nitrogen and oxygen atoms in total. The molecule has 0 aromatic rings. The molecule has 0 aliphatic carbocycles. The van der Waals surface area contributed by atoms with Gasteiger partial charge in [-0.2, -0.15) is 0 Å². The van der Waals surface area contributed by atoms with Crippen LogP contribution < -0.4 is 0 Å². The highest BCUT2D eigenvalue weighted by molar-refractivity contribution is 5.79. The number of aliphatic carboxylic acids is 1. The van der Waals surface area contributed by atoms with Crippen LogP contribution in [-0.4, -0.2) is 29.6 Å². The van der Waals surface area contributed by atoms with E-state index in [9.17, 15) is 4.79 Å². The Labute approximate surface area is 70.8 Å². The largest absolute Gasteiger partial charge is 0.478 e. The van der Waals surface area contributed by atoms with E-state index >= 15 is 0 Å². The molecule has 1 fully saturated rings. The van der Waals surface area contributed by atoms with Gasteiger partial charge in [-0.05, 0) is 19.9 Å². The third kappa shape index (κ3) is 2.64. The Bertz CT molecular complexity index is 207. The van der Waals surface area contributed by atoms with Crippen LogP contribution in [0.25, 0.3) is 0 Å². The number of hydrogen-bond donors (Lipinski definition) is 1. The molecule has 0 saturated carbocycles. The first-order valence-corrected chi connectivity index (χ1v) is 3.72. The fourth-order valence-corrected chi connectivity index (χ4v) is 1.000. The first-order chi connectivity index (χ1) is 5.49. The van der Waals surface area contributed by atoms with Gasteiger partial charge in [0.15, 0.2) is 5.79 Å². The van der Waals surface area contributed by atoms with Crippen LogP contribution in [0.15, 0.2) is 12.2 Å². The maximum absolute atomic E-state index is 10.1. The van der Waals surface area contributed by atoms with E-state index in [1.54, 1.807) is 13.8 Å². The summed E-state index contributed by atoms with van der Waals surface area (Å²) in [6, 6.07) is 0. The molecule has 1 unspecified atom stereocenters. The molecule has 1 rings (SSSR count). The summed E-state index contributed by atoms with van der Waals surface area (Å²) in [6.07, 6.45) is 2.31. The van der Waals surface area contributed by atoms with Gasteiger partial charge in [-0.25, -0.2) is 4.79 Å². The van der Waals surface area contributed by atoms with Crippen molar-refractivity contribution in [1.82, 2.24) is 0 Å². The average Bonchev–Trinajstić information content (AvgIpc) is 2.26. The molecule has 0 radical (unpaired) electrons. The van der Waals surface area contributed by atoms with Gasteiger partial charge in [0.05, 0.1) is 6.61 Å². The van der Waals surface area contributed by atoms with Crippen LogP contribution >= 0.6 is 0 Å². The van der Waals surface area contributed by atoms with Crippen LogP contribution in [0.5, 0.6) is 0 Å². The van der Waals surface area contributed by atoms with Crippen molar-refractivity contribution in [2.45, 2.75) is 25.7 Å². The lowest BCUT2D eigenvalue weighted by molar-refractivity contribution is -0.134. The Balaban J connectivity index is 2.43. The van der Waals surface area contributed by atoms with E-state index < -0.39 is 11.8 Å². The van der Waals surface area contributed by atoms with Crippen LogP contribution in [0.3, 0.4) is 0 Å². The maximum Gasteiger partial charge on any atom is 0.328 e. The number of hydrogen-bond acceptors (Lipinski definition) is 3. The Morgan fingerprint density at radius 2 is 2.33 bits per heavy atom. The topological polar surface area (TPSA) is 55.8 Å². The molecule has 0 aromatic carbocycles. The molecule has 1 N–H and O–H groups in total. The smallest absolute Gasteiger partial charge is 0.328 e. The monoisotopic (exact) mass is 172 g/mol. The van der Waals surface area contributed by atoms with E-state index in [0.717, 1.165) is 6.08 Å². The van der Waals surface area contributed by atoms with Gasteiger partial charge in [0.2, 0.25) is 0 Å². The summed E-state index contributed by atoms with van der Waals surface area (Å²) < 4.78 is 10.5. The van der Waals surface area contributed by atoms with Crippen molar-refractivity contribution in [3.05, 3.63) is 12.2 Å². The van der Waals surface area contributed by atoms with Gasteiger partial charge >= 0.3 is 5.97 Å². The molecular weight excluding hydrogens is 160 g/mol. The summed E-state index contributed by atoms with van der Waals surface area (Å²) in [4.78, 5) is 10.1. The maximum atomic E-state index is 10.1. The zero-order valence-corrected chi connectivity index (χ0v) is 7.11. The highest BCUT2D eigenvalue weighted by Gasteiger charge is 2.30. The Morgan fingerprint density at radius 3 is 2.75 bits per heavy atom. The molecule has 68 valence electrons. The lowest BCUT2D eigenvalue weighted by atomic mass is 10.3. The Hall–Kier alpha value is -0.870. The second-order valence-electron chi connectivity index (χ2n) is 3.06. The molecule has 0 bridgehead atoms. The summed E-state index contributed by atoms with van der Waals surface area (Å²) >= 11 is 0. The van der Waals surface area contributed by atoms with Gasteiger partial charge in [-0.1, -0.05) is 0 Å². The molecule has 4 heteroatoms. The van der Waals surface area contributed by atoms with Gasteiger partial charge in [-0.3, -0.25) is 0 Å². The fourth-order valence-electron chi connectivity index (χ4n) is 1.000. The van der Waals surface area contributed by atoms with E-state index in [1.165, 1.54) is 6.08 Å². The number of ether oxygens (including phenoxy) is 2. The molecule has 1 aliphatic rings. The Morgan fingerprint density at radius 1 is 1.67 bits per heavy atom. The molecule has 0 spiro atoms. The van der Waals surface area contributed by atoms with Crippen molar-refractivity contribution in [1.29, 1.82) is 0 Å². The first-order valence-electron chi connectivity index (χ1n) is 3.72. The van der Waals surface area contributed by atoms with Crippen molar-refractivity contribution in [2.24, 2.45) is 0 Å². The minimum absolute atomic E-state index is 0.240. The number of carbonyl (C=O) groups is 1. The number of rotatable bonds is 2. The van der Waals surface area contributed by atoms with Gasteiger partial charge < -0.3 is 14.6 Å². The van der Waals surface area contributed by atoms with Crippen molar-refractivity contribution >= 4 is 5.97 Å². The second-order valence-corrected chi connectivity index (χ2v) is 3.06. The first kappa shape index (κ1) is 9.22. The van der Waals surface area contributed by atoms with Crippen molar-refractivity contribution in [2.75, 3.05) is 6.61 Å². The van der Waals surface area contributed by atoms with Gasteiger partial charge in [-0.15, -0.1) is 0 Å². The molecule has 1 heterocycles. The summed E-state index contributed by atoms with van der Waals surface area (Å²) in [5, 5.41) is 8.32. The summed E-state index contributed by atoms with van der Waals surface area (Å²) in [7, 11) is 0. The van der Waals surface area contributed by atoms with Crippen molar-refractivity contribution in [3.8, 4) is 0 Å². The third-order valence-electron chi connectivity index (χ3n) is 1.48. The zero-order chi connectivity index (χ0) is 9.19. The standard InChI is InChI=1S/C8H12O4/c1-8(2)11-5-6(12-8)3-4-7(9)10/h3-4,6H,5H2,1-2H3,(H,9,10). The van der Waals surface area contributed by atoms with Crippen LogP contribution in [0.1, 0.15) is 13.8 Å². The second kappa shape index (κ2) is 3.25. The predicted molar refractivity (Wildman–Crippen MR) is 41.7 cm³/mol. The molecule has 1 atom stereocenters. The lowest BCUT2D eigenvalue weighted by Crippen LogP contribution is -2.20. The van der Waals surface area contributed by atoms with Gasteiger partial charge in [0.25, 0.3) is 0 Å². The highest BCUT2D eigenvalue weighted by atomic mass is 16.7. The van der Waals surface area contributed by atoms with Crippen LogP contribution in [-0.2, 0) is 14.3 Å². The quantitative estimate of drug-likeness (QED) is 0.625. The van der Waals surface area contributed by atoms with E-state index in [2.05, 4.69) is 0 Å². The highest BCUT2D eigenvalue weighted by Crippen LogP contribution is 2.22. The third-order valence-corrected chi connectivity index (χ3v) is 1.48. The molecule has 1 aliphatic heterocycles. The number of carboxylic acid groups (broad SMARTS) is 1. The summed E-state index contributed by atoms with van der Waals surface area (Å²) in [5.74, 6) is -1.56. The molecule has 12 heavy (non-hydrogen) atoms. The van der Waals surface area contributed by atoms with E-state index in [-0.39, 0.29) is 6.10 Å². The number of carboxylic acids is 1. The molecular formula is C8H12O4. The summed E-state index contributed by atoms with van der Waals surface area (Å²) in [5.41, 5.74) is 0. The zero-order valence-electron chi connectivity index (χ0n) is 7.11. The van der Waals surface area contributed by atoms with Crippen LogP contribution in [0.4, 0.5) is 0 Å². The Kier molecular flexibility index (Phi) is 2.49. The van der Waals surface area contributed by atoms with Crippen molar-refractivity contribution < 1.29 is 19.4 Å². The van der Waals surface area contributed by atoms with Crippen LogP contribution in [0, 0.1) is 0 Å². The summed E-state index contributed by atoms with van der Waals surface area (Å²) in [6.45, 7) is 4.00. The SMILES string of the molecule is CC1(C)OCC(C=CC(=O)O)O1. The molecule has 0 aromatic heterocycles. The minimum Gasteiger partial charge on any atom is -0.478 e. The lowest BCUT2D eigenvalue weighted by Gasteiger charge is -2.15.